The van der Waals surface area contributed by atoms with E-state index in [1.54, 1.807) is 18.2 Å². The van der Waals surface area contributed by atoms with E-state index in [-0.39, 0.29) is 16.9 Å². The molecular weight excluding hydrogens is 364 g/mol. The van der Waals surface area contributed by atoms with Crippen molar-refractivity contribution in [2.24, 2.45) is 5.10 Å². The van der Waals surface area contributed by atoms with Gasteiger partial charge in [0.25, 0.3) is 5.91 Å². The number of carbonyl (C=O) groups is 2. The van der Waals surface area contributed by atoms with Crippen LogP contribution in [0.25, 0.3) is 0 Å². The summed E-state index contributed by atoms with van der Waals surface area (Å²) in [4.78, 5) is 23.4. The van der Waals surface area contributed by atoms with Gasteiger partial charge in [-0.1, -0.05) is 20.8 Å². The molecule has 0 saturated carbocycles. The van der Waals surface area contributed by atoms with Crippen molar-refractivity contribution in [2.75, 3.05) is 14.2 Å². The Bertz CT molecular complexity index is 871. The van der Waals surface area contributed by atoms with Gasteiger partial charge in [0, 0.05) is 23.6 Å². The van der Waals surface area contributed by atoms with E-state index in [0.29, 0.717) is 17.1 Å². The largest absolute Gasteiger partial charge is 0.493 e. The van der Waals surface area contributed by atoms with Gasteiger partial charge >= 0.3 is 5.97 Å². The number of methoxy groups -OCH3 is 2. The number of benzene rings is 1. The maximum atomic E-state index is 12.2. The van der Waals surface area contributed by atoms with Crippen molar-refractivity contribution in [2.45, 2.75) is 33.1 Å². The molecule has 9 nitrogen and oxygen atoms in total. The number of hydrogen-bond donors (Lipinski definition) is 2. The van der Waals surface area contributed by atoms with Gasteiger partial charge in [-0.25, -0.2) is 5.43 Å². The van der Waals surface area contributed by atoms with Crippen LogP contribution in [0.4, 0.5) is 0 Å². The number of nitrogens with zero attached hydrogens (tertiary/aromatic N) is 2. The van der Waals surface area contributed by atoms with Gasteiger partial charge < -0.3 is 14.2 Å². The molecule has 2 aromatic rings. The van der Waals surface area contributed by atoms with E-state index in [4.69, 9.17) is 14.2 Å². The molecule has 0 bridgehead atoms. The summed E-state index contributed by atoms with van der Waals surface area (Å²) in [5, 5.41) is 10.8. The van der Waals surface area contributed by atoms with Crippen LogP contribution in [0.15, 0.2) is 23.3 Å². The number of hydrazone groups is 1. The average molecular weight is 388 g/mol. The first-order chi connectivity index (χ1) is 13.2. The molecule has 0 radical (unpaired) electrons. The van der Waals surface area contributed by atoms with Crippen LogP contribution >= 0.6 is 0 Å². The van der Waals surface area contributed by atoms with Gasteiger partial charge in [-0.2, -0.15) is 10.2 Å². The number of rotatable bonds is 6. The van der Waals surface area contributed by atoms with E-state index < -0.39 is 11.9 Å². The van der Waals surface area contributed by atoms with Gasteiger partial charge in [-0.3, -0.25) is 14.7 Å². The predicted molar refractivity (Wildman–Crippen MR) is 103 cm³/mol. The highest BCUT2D eigenvalue weighted by atomic mass is 16.6. The third-order valence-electron chi connectivity index (χ3n) is 3.73. The fourth-order valence-electron chi connectivity index (χ4n) is 2.26. The highest BCUT2D eigenvalue weighted by Gasteiger charge is 2.19. The first kappa shape index (κ1) is 20.9. The molecule has 0 fully saturated rings. The fourth-order valence-corrected chi connectivity index (χ4v) is 2.26. The number of ether oxygens (including phenoxy) is 3. The van der Waals surface area contributed by atoms with Crippen molar-refractivity contribution >= 4 is 18.1 Å². The van der Waals surface area contributed by atoms with Crippen LogP contribution in [0.1, 0.15) is 49.4 Å². The SMILES string of the molecule is COc1cc(/C=N\NC(=O)c2cc(C(C)(C)C)[nH]n2)cc(OC)c1OC(C)=O. The van der Waals surface area contributed by atoms with E-state index in [2.05, 4.69) is 20.7 Å². The number of H-pyrrole nitrogens is 1. The minimum atomic E-state index is -0.501. The third-order valence-corrected chi connectivity index (χ3v) is 3.73. The van der Waals surface area contributed by atoms with Gasteiger partial charge in [0.15, 0.2) is 17.2 Å². The maximum absolute atomic E-state index is 12.2. The second kappa shape index (κ2) is 8.55. The minimum Gasteiger partial charge on any atom is -0.493 e. The van der Waals surface area contributed by atoms with Crippen LogP contribution in [0.5, 0.6) is 17.2 Å². The van der Waals surface area contributed by atoms with E-state index in [1.807, 2.05) is 20.8 Å². The molecule has 0 aliphatic carbocycles. The second-order valence-electron chi connectivity index (χ2n) is 6.96. The van der Waals surface area contributed by atoms with Crippen LogP contribution in [-0.2, 0) is 10.2 Å². The zero-order chi connectivity index (χ0) is 20.9. The molecule has 0 unspecified atom stereocenters. The van der Waals surface area contributed by atoms with Gasteiger partial charge in [0.1, 0.15) is 0 Å². The lowest BCUT2D eigenvalue weighted by Gasteiger charge is -2.14. The molecule has 0 saturated heterocycles. The Kier molecular flexibility index (Phi) is 6.40. The molecule has 0 atom stereocenters. The summed E-state index contributed by atoms with van der Waals surface area (Å²) in [5.74, 6) is -0.184. The first-order valence-electron chi connectivity index (χ1n) is 8.49. The zero-order valence-corrected chi connectivity index (χ0v) is 16.7. The Labute approximate surface area is 163 Å². The third kappa shape index (κ3) is 5.09. The fraction of sp³-hybridized carbons (Fsp3) is 0.368. The van der Waals surface area contributed by atoms with Crippen molar-refractivity contribution < 1.29 is 23.8 Å². The highest BCUT2D eigenvalue weighted by Crippen LogP contribution is 2.38. The highest BCUT2D eigenvalue weighted by molar-refractivity contribution is 5.93. The number of carbonyl (C=O) groups excluding carboxylic acids is 2. The average Bonchev–Trinajstić information content (AvgIpc) is 3.12. The van der Waals surface area contributed by atoms with E-state index in [0.717, 1.165) is 5.69 Å². The summed E-state index contributed by atoms with van der Waals surface area (Å²) >= 11 is 0. The van der Waals surface area contributed by atoms with Crippen molar-refractivity contribution in [1.29, 1.82) is 0 Å². The molecule has 0 spiro atoms. The number of nitrogens with one attached hydrogen (secondary N) is 2. The Balaban J connectivity index is 2.16. The van der Waals surface area contributed by atoms with Gasteiger partial charge in [-0.15, -0.1) is 0 Å². The molecule has 1 amide bonds. The Morgan fingerprint density at radius 1 is 1.14 bits per heavy atom. The number of aromatic nitrogens is 2. The molecule has 1 aromatic heterocycles. The van der Waals surface area contributed by atoms with Crippen LogP contribution < -0.4 is 19.6 Å². The lowest BCUT2D eigenvalue weighted by atomic mass is 9.92. The minimum absolute atomic E-state index is 0.147. The molecule has 0 aliphatic heterocycles. The van der Waals surface area contributed by atoms with Gasteiger partial charge in [0.2, 0.25) is 5.75 Å². The quantitative estimate of drug-likeness (QED) is 0.340. The Hall–Kier alpha value is -3.36. The van der Waals surface area contributed by atoms with Crippen LogP contribution in [0, 0.1) is 0 Å². The lowest BCUT2D eigenvalue weighted by molar-refractivity contribution is -0.132. The van der Waals surface area contributed by atoms with Crippen molar-refractivity contribution in [3.05, 3.63) is 35.2 Å². The summed E-state index contributed by atoms with van der Waals surface area (Å²) < 4.78 is 15.6. The zero-order valence-electron chi connectivity index (χ0n) is 16.7. The molecule has 1 heterocycles. The van der Waals surface area contributed by atoms with Crippen molar-refractivity contribution in [3.63, 3.8) is 0 Å². The normalized spacial score (nSPS) is 11.4. The lowest BCUT2D eigenvalue weighted by Crippen LogP contribution is -2.18. The van der Waals surface area contributed by atoms with Crippen LogP contribution in [-0.4, -0.2) is 42.5 Å². The van der Waals surface area contributed by atoms with Crippen molar-refractivity contribution in [1.82, 2.24) is 15.6 Å². The number of esters is 1. The number of amides is 1. The topological polar surface area (TPSA) is 115 Å². The molecule has 1 aromatic carbocycles. The Morgan fingerprint density at radius 3 is 2.21 bits per heavy atom. The monoisotopic (exact) mass is 388 g/mol. The Morgan fingerprint density at radius 2 is 1.75 bits per heavy atom. The summed E-state index contributed by atoms with van der Waals surface area (Å²) in [6.45, 7) is 7.33. The summed E-state index contributed by atoms with van der Waals surface area (Å²) in [6, 6.07) is 4.89. The molecule has 2 N–H and O–H groups in total. The molecule has 150 valence electrons. The molecule has 28 heavy (non-hydrogen) atoms. The number of aromatic amines is 1. The summed E-state index contributed by atoms with van der Waals surface area (Å²) in [6.07, 6.45) is 1.41. The number of hydrogen-bond acceptors (Lipinski definition) is 7. The van der Waals surface area contributed by atoms with Crippen molar-refractivity contribution in [3.8, 4) is 17.2 Å². The summed E-state index contributed by atoms with van der Waals surface area (Å²) in [5.41, 5.74) is 3.92. The second-order valence-corrected chi connectivity index (χ2v) is 6.96. The predicted octanol–water partition coefficient (Wildman–Crippen LogP) is 2.41. The van der Waals surface area contributed by atoms with E-state index in [1.165, 1.54) is 27.4 Å². The molecule has 0 aliphatic rings. The van der Waals surface area contributed by atoms with Gasteiger partial charge in [0.05, 0.1) is 20.4 Å². The van der Waals surface area contributed by atoms with Crippen LogP contribution in [0.3, 0.4) is 0 Å². The van der Waals surface area contributed by atoms with Crippen LogP contribution in [0.2, 0.25) is 0 Å². The van der Waals surface area contributed by atoms with E-state index in [9.17, 15) is 9.59 Å². The van der Waals surface area contributed by atoms with Gasteiger partial charge in [-0.05, 0) is 18.2 Å². The summed E-state index contributed by atoms with van der Waals surface area (Å²) in [7, 11) is 2.88. The molecule has 9 heteroatoms. The molecule has 2 rings (SSSR count). The van der Waals surface area contributed by atoms with E-state index >= 15 is 0 Å². The standard InChI is InChI=1S/C19H24N4O5/c1-11(24)28-17-14(26-5)7-12(8-15(17)27-6)10-20-23-18(25)13-9-16(22-21-13)19(2,3)4/h7-10H,1-6H3,(H,21,22)(H,23,25)/b20-10-. The first-order valence-corrected chi connectivity index (χ1v) is 8.49. The maximum Gasteiger partial charge on any atom is 0.308 e. The molecular formula is C19H24N4O5. The smallest absolute Gasteiger partial charge is 0.308 e.